The lowest BCUT2D eigenvalue weighted by molar-refractivity contribution is 0.284. The van der Waals surface area contributed by atoms with Gasteiger partial charge in [-0.05, 0) is 34.7 Å². The molecule has 2 nitrogen and oxygen atoms in total. The molecule has 0 N–H and O–H groups in total. The minimum Gasteiger partial charge on any atom is -0.336 e. The number of hydrogen-bond donors (Lipinski definition) is 0. The largest absolute Gasteiger partial charge is 0.336 e. The van der Waals surface area contributed by atoms with Crippen molar-refractivity contribution >= 4 is 15.9 Å². The van der Waals surface area contributed by atoms with Gasteiger partial charge in [-0.25, -0.2) is 4.98 Å². The van der Waals surface area contributed by atoms with Gasteiger partial charge < -0.3 is 4.57 Å². The first kappa shape index (κ1) is 9.25. The van der Waals surface area contributed by atoms with Crippen LogP contribution in [0.1, 0.15) is 32.1 Å². The van der Waals surface area contributed by atoms with E-state index in [1.165, 1.54) is 32.1 Å². The van der Waals surface area contributed by atoms with Crippen molar-refractivity contribution in [1.82, 2.24) is 9.55 Å². The van der Waals surface area contributed by atoms with Crippen LogP contribution in [0.3, 0.4) is 0 Å². The summed E-state index contributed by atoms with van der Waals surface area (Å²) in [6.45, 7) is 1.12. The smallest absolute Gasteiger partial charge is 0.124 e. The molecule has 3 heteroatoms. The lowest BCUT2D eigenvalue weighted by Gasteiger charge is -2.24. The van der Waals surface area contributed by atoms with Crippen LogP contribution in [0.15, 0.2) is 17.1 Å². The Morgan fingerprint density at radius 1 is 1.54 bits per heavy atom. The van der Waals surface area contributed by atoms with Crippen LogP contribution in [0.5, 0.6) is 0 Å². The molecule has 0 atom stereocenters. The first-order chi connectivity index (χ1) is 6.34. The summed E-state index contributed by atoms with van der Waals surface area (Å²) >= 11 is 3.35. The van der Waals surface area contributed by atoms with Crippen molar-refractivity contribution < 1.29 is 0 Å². The van der Waals surface area contributed by atoms with E-state index >= 15 is 0 Å². The minimum atomic E-state index is 0.941. The highest BCUT2D eigenvalue weighted by atomic mass is 79.9. The van der Waals surface area contributed by atoms with Gasteiger partial charge in [0, 0.05) is 12.7 Å². The van der Waals surface area contributed by atoms with Crippen molar-refractivity contribution in [2.75, 3.05) is 0 Å². The Hall–Kier alpha value is -0.310. The number of aryl methyl sites for hydroxylation is 1. The van der Waals surface area contributed by atoms with Crippen molar-refractivity contribution in [2.24, 2.45) is 5.92 Å². The zero-order valence-corrected chi connectivity index (χ0v) is 9.33. The molecule has 2 rings (SSSR count). The monoisotopic (exact) mass is 242 g/mol. The van der Waals surface area contributed by atoms with E-state index in [0.717, 1.165) is 17.1 Å². The van der Waals surface area contributed by atoms with Crippen LogP contribution in [0.4, 0.5) is 0 Å². The molecule has 1 saturated carbocycles. The van der Waals surface area contributed by atoms with Gasteiger partial charge in [-0.3, -0.25) is 0 Å². The molecule has 0 radical (unpaired) electrons. The van der Waals surface area contributed by atoms with Crippen molar-refractivity contribution in [3.8, 4) is 0 Å². The van der Waals surface area contributed by atoms with E-state index in [9.17, 15) is 0 Å². The standard InChI is InChI=1S/C10H15BrN2/c11-10-7-13(8-12-10)6-2-5-9-3-1-4-9/h7-9H,1-6H2. The molecular weight excluding hydrogens is 228 g/mol. The van der Waals surface area contributed by atoms with Gasteiger partial charge in [0.05, 0.1) is 6.33 Å². The van der Waals surface area contributed by atoms with Gasteiger partial charge in [0.1, 0.15) is 4.60 Å². The number of rotatable bonds is 4. The van der Waals surface area contributed by atoms with Crippen LogP contribution in [-0.4, -0.2) is 9.55 Å². The quantitative estimate of drug-likeness (QED) is 0.793. The Kier molecular flexibility index (Phi) is 3.04. The maximum Gasteiger partial charge on any atom is 0.124 e. The van der Waals surface area contributed by atoms with Gasteiger partial charge in [-0.15, -0.1) is 0 Å². The van der Waals surface area contributed by atoms with E-state index in [2.05, 4.69) is 25.5 Å². The molecule has 1 aromatic rings. The Bertz CT molecular complexity index is 266. The molecule has 1 aromatic heterocycles. The van der Waals surface area contributed by atoms with Gasteiger partial charge >= 0.3 is 0 Å². The average Bonchev–Trinajstić information content (AvgIpc) is 2.42. The average molecular weight is 243 g/mol. The molecule has 72 valence electrons. The van der Waals surface area contributed by atoms with Crippen LogP contribution in [0, 0.1) is 5.92 Å². The molecule has 0 unspecified atom stereocenters. The maximum absolute atomic E-state index is 4.13. The Labute approximate surface area is 87.5 Å². The number of nitrogens with zero attached hydrogens (tertiary/aromatic N) is 2. The van der Waals surface area contributed by atoms with E-state index in [1.807, 2.05) is 12.5 Å². The fourth-order valence-electron chi connectivity index (χ4n) is 1.80. The summed E-state index contributed by atoms with van der Waals surface area (Å²) in [5.41, 5.74) is 0. The van der Waals surface area contributed by atoms with E-state index in [0.29, 0.717) is 0 Å². The predicted octanol–water partition coefficient (Wildman–Crippen LogP) is 3.23. The Morgan fingerprint density at radius 3 is 2.92 bits per heavy atom. The number of aromatic nitrogens is 2. The fraction of sp³-hybridized carbons (Fsp3) is 0.700. The van der Waals surface area contributed by atoms with Gasteiger partial charge in [0.25, 0.3) is 0 Å². The first-order valence-electron chi connectivity index (χ1n) is 5.02. The highest BCUT2D eigenvalue weighted by Crippen LogP contribution is 2.30. The Balaban J connectivity index is 1.67. The molecule has 1 heterocycles. The van der Waals surface area contributed by atoms with E-state index in [-0.39, 0.29) is 0 Å². The second-order valence-corrected chi connectivity index (χ2v) is 4.69. The second-order valence-electron chi connectivity index (χ2n) is 3.87. The maximum atomic E-state index is 4.13. The molecular formula is C10H15BrN2. The molecule has 1 aliphatic rings. The zero-order valence-electron chi connectivity index (χ0n) is 7.75. The number of halogens is 1. The molecule has 0 amide bonds. The van der Waals surface area contributed by atoms with E-state index < -0.39 is 0 Å². The fourth-order valence-corrected chi connectivity index (χ4v) is 2.15. The molecule has 0 aromatic carbocycles. The third-order valence-corrected chi connectivity index (χ3v) is 3.26. The minimum absolute atomic E-state index is 0.941. The van der Waals surface area contributed by atoms with Crippen LogP contribution in [-0.2, 0) is 6.54 Å². The SMILES string of the molecule is Brc1cn(CCCC2CCC2)cn1. The van der Waals surface area contributed by atoms with Crippen molar-refractivity contribution in [3.63, 3.8) is 0 Å². The van der Waals surface area contributed by atoms with Crippen LogP contribution >= 0.6 is 15.9 Å². The molecule has 1 fully saturated rings. The number of imidazole rings is 1. The summed E-state index contributed by atoms with van der Waals surface area (Å²) in [4.78, 5) is 4.13. The Morgan fingerprint density at radius 2 is 2.38 bits per heavy atom. The van der Waals surface area contributed by atoms with Gasteiger partial charge in [-0.1, -0.05) is 19.3 Å². The summed E-state index contributed by atoms with van der Waals surface area (Å²) < 4.78 is 3.10. The molecule has 1 aliphatic carbocycles. The van der Waals surface area contributed by atoms with E-state index in [4.69, 9.17) is 0 Å². The summed E-state index contributed by atoms with van der Waals surface area (Å²) in [6.07, 6.45) is 11.0. The van der Waals surface area contributed by atoms with Crippen LogP contribution in [0.2, 0.25) is 0 Å². The van der Waals surface area contributed by atoms with Gasteiger partial charge in [0.2, 0.25) is 0 Å². The molecule has 0 spiro atoms. The third-order valence-electron chi connectivity index (χ3n) is 2.86. The molecule has 13 heavy (non-hydrogen) atoms. The molecule has 0 saturated heterocycles. The summed E-state index contributed by atoms with van der Waals surface area (Å²) in [7, 11) is 0. The molecule has 0 bridgehead atoms. The van der Waals surface area contributed by atoms with Crippen LogP contribution < -0.4 is 0 Å². The van der Waals surface area contributed by atoms with Crippen molar-refractivity contribution in [3.05, 3.63) is 17.1 Å². The zero-order chi connectivity index (χ0) is 9.10. The third kappa shape index (κ3) is 2.56. The number of hydrogen-bond acceptors (Lipinski definition) is 1. The topological polar surface area (TPSA) is 17.8 Å². The summed E-state index contributed by atoms with van der Waals surface area (Å²) in [6, 6.07) is 0. The highest BCUT2D eigenvalue weighted by molar-refractivity contribution is 9.10. The lowest BCUT2D eigenvalue weighted by Crippen LogP contribution is -2.11. The lowest BCUT2D eigenvalue weighted by atomic mass is 9.82. The van der Waals surface area contributed by atoms with Gasteiger partial charge in [-0.2, -0.15) is 0 Å². The van der Waals surface area contributed by atoms with Gasteiger partial charge in [0.15, 0.2) is 0 Å². The molecule has 0 aliphatic heterocycles. The summed E-state index contributed by atoms with van der Waals surface area (Å²) in [5, 5.41) is 0. The van der Waals surface area contributed by atoms with Crippen LogP contribution in [0.25, 0.3) is 0 Å². The predicted molar refractivity (Wildman–Crippen MR) is 56.5 cm³/mol. The first-order valence-corrected chi connectivity index (χ1v) is 5.81. The van der Waals surface area contributed by atoms with Crippen molar-refractivity contribution in [2.45, 2.75) is 38.6 Å². The second kappa shape index (κ2) is 4.27. The summed E-state index contributed by atoms with van der Waals surface area (Å²) in [5.74, 6) is 1.03. The van der Waals surface area contributed by atoms with Crippen molar-refractivity contribution in [1.29, 1.82) is 0 Å². The van der Waals surface area contributed by atoms with E-state index in [1.54, 1.807) is 0 Å². The normalized spacial score (nSPS) is 17.3. The highest BCUT2D eigenvalue weighted by Gasteiger charge is 2.16.